The Morgan fingerprint density at radius 2 is 2.24 bits per heavy atom. The average Bonchev–Trinajstić information content (AvgIpc) is 3.02. The number of nitrogens with zero attached hydrogens (tertiary/aromatic N) is 3. The van der Waals surface area contributed by atoms with E-state index in [1.54, 1.807) is 5.38 Å². The fourth-order valence-corrected chi connectivity index (χ4v) is 3.05. The number of rotatable bonds is 4. The molecule has 3 heterocycles. The summed E-state index contributed by atoms with van der Waals surface area (Å²) < 4.78 is 0. The standard InChI is InChI=1S/C15H15N5O4S/c21-11-2-1-9(6-17-11)14(24)19-15-18-10(8-25-15)5-13(23)20-4-3-16-12(22)7-20/h1-2,6,8-9H,3-5,7H2,(H,16,22)(H,18,19,24). The molecule has 1 saturated heterocycles. The second-order valence-electron chi connectivity index (χ2n) is 5.48. The summed E-state index contributed by atoms with van der Waals surface area (Å²) in [5.74, 6) is -1.73. The van der Waals surface area contributed by atoms with Gasteiger partial charge in [0.2, 0.25) is 17.7 Å². The molecule has 1 atom stereocenters. The van der Waals surface area contributed by atoms with Gasteiger partial charge >= 0.3 is 0 Å². The molecule has 130 valence electrons. The summed E-state index contributed by atoms with van der Waals surface area (Å²) >= 11 is 1.20. The van der Waals surface area contributed by atoms with Crippen molar-refractivity contribution in [2.75, 3.05) is 25.0 Å². The Kier molecular flexibility index (Phi) is 4.98. The smallest absolute Gasteiger partial charge is 0.269 e. The quantitative estimate of drug-likeness (QED) is 0.739. The molecule has 2 N–H and O–H groups in total. The van der Waals surface area contributed by atoms with Crippen molar-refractivity contribution in [3.05, 3.63) is 23.2 Å². The normalized spacial score (nSPS) is 19.7. The first kappa shape index (κ1) is 17.0. The molecule has 0 spiro atoms. The fraction of sp³-hybridized carbons (Fsp3) is 0.333. The van der Waals surface area contributed by atoms with E-state index in [0.29, 0.717) is 23.9 Å². The topological polar surface area (TPSA) is 121 Å². The highest BCUT2D eigenvalue weighted by Gasteiger charge is 2.22. The maximum Gasteiger partial charge on any atom is 0.269 e. The highest BCUT2D eigenvalue weighted by molar-refractivity contribution is 7.13. The van der Waals surface area contributed by atoms with E-state index in [4.69, 9.17) is 0 Å². The summed E-state index contributed by atoms with van der Waals surface area (Å²) in [4.78, 5) is 55.8. The van der Waals surface area contributed by atoms with Gasteiger partial charge in [-0.05, 0) is 0 Å². The highest BCUT2D eigenvalue weighted by Crippen LogP contribution is 2.18. The molecular weight excluding hydrogens is 346 g/mol. The number of aliphatic imine (C=N–C) groups is 1. The Labute approximate surface area is 146 Å². The van der Waals surface area contributed by atoms with Crippen molar-refractivity contribution >= 4 is 46.3 Å². The number of dihydropyridines is 1. The van der Waals surface area contributed by atoms with Crippen LogP contribution in [0.25, 0.3) is 0 Å². The van der Waals surface area contributed by atoms with Gasteiger partial charge in [-0.15, -0.1) is 11.3 Å². The van der Waals surface area contributed by atoms with E-state index in [0.717, 1.165) is 0 Å². The van der Waals surface area contributed by atoms with Gasteiger partial charge in [-0.2, -0.15) is 0 Å². The van der Waals surface area contributed by atoms with Gasteiger partial charge in [0.25, 0.3) is 5.91 Å². The SMILES string of the molecule is O=C1C=CC(C(=O)Nc2nc(CC(=O)N3CCNC(=O)C3)cs2)C=N1. The maximum atomic E-state index is 12.2. The molecule has 2 aliphatic heterocycles. The van der Waals surface area contributed by atoms with Crippen LogP contribution in [0.3, 0.4) is 0 Å². The summed E-state index contributed by atoms with van der Waals surface area (Å²) in [6.45, 7) is 0.977. The first-order valence-corrected chi connectivity index (χ1v) is 8.45. The minimum Gasteiger partial charge on any atom is -0.353 e. The first-order chi connectivity index (χ1) is 12.0. The molecule has 0 bridgehead atoms. The Hall–Kier alpha value is -2.88. The molecule has 1 aromatic heterocycles. The third kappa shape index (κ3) is 4.35. The largest absolute Gasteiger partial charge is 0.353 e. The van der Waals surface area contributed by atoms with Gasteiger partial charge in [0.05, 0.1) is 24.6 Å². The predicted molar refractivity (Wildman–Crippen MR) is 90.2 cm³/mol. The molecule has 0 aliphatic carbocycles. The zero-order valence-electron chi connectivity index (χ0n) is 13.1. The van der Waals surface area contributed by atoms with Crippen LogP contribution in [0.2, 0.25) is 0 Å². The van der Waals surface area contributed by atoms with Crippen LogP contribution < -0.4 is 10.6 Å². The summed E-state index contributed by atoms with van der Waals surface area (Å²) in [5, 5.41) is 7.34. The molecular formula is C15H15N5O4S. The van der Waals surface area contributed by atoms with E-state index >= 15 is 0 Å². The lowest BCUT2D eigenvalue weighted by molar-refractivity contribution is -0.137. The van der Waals surface area contributed by atoms with Crippen molar-refractivity contribution in [2.45, 2.75) is 6.42 Å². The number of nitrogens with one attached hydrogen (secondary N) is 2. The van der Waals surface area contributed by atoms with Crippen molar-refractivity contribution in [3.8, 4) is 0 Å². The second kappa shape index (κ2) is 7.34. The van der Waals surface area contributed by atoms with Crippen molar-refractivity contribution in [3.63, 3.8) is 0 Å². The predicted octanol–water partition coefficient (Wildman–Crippen LogP) is -0.634. The number of aromatic nitrogens is 1. The van der Waals surface area contributed by atoms with Crippen molar-refractivity contribution in [2.24, 2.45) is 10.9 Å². The maximum absolute atomic E-state index is 12.2. The van der Waals surface area contributed by atoms with Crippen LogP contribution in [-0.4, -0.2) is 59.4 Å². The van der Waals surface area contributed by atoms with Crippen LogP contribution >= 0.6 is 11.3 Å². The minimum absolute atomic E-state index is 0.0542. The Morgan fingerprint density at radius 1 is 1.40 bits per heavy atom. The van der Waals surface area contributed by atoms with Crippen LogP contribution in [0.4, 0.5) is 5.13 Å². The molecule has 1 unspecified atom stereocenters. The third-order valence-electron chi connectivity index (χ3n) is 3.62. The van der Waals surface area contributed by atoms with Gasteiger partial charge in [0, 0.05) is 30.8 Å². The van der Waals surface area contributed by atoms with Gasteiger partial charge < -0.3 is 15.5 Å². The van der Waals surface area contributed by atoms with Gasteiger partial charge in [-0.3, -0.25) is 19.2 Å². The molecule has 10 heteroatoms. The molecule has 1 fully saturated rings. The van der Waals surface area contributed by atoms with Crippen LogP contribution in [0.5, 0.6) is 0 Å². The molecule has 0 radical (unpaired) electrons. The fourth-order valence-electron chi connectivity index (χ4n) is 2.34. The van der Waals surface area contributed by atoms with E-state index in [-0.39, 0.29) is 30.7 Å². The lowest BCUT2D eigenvalue weighted by atomic mass is 10.1. The molecule has 0 aromatic carbocycles. The Morgan fingerprint density at radius 3 is 2.96 bits per heavy atom. The summed E-state index contributed by atoms with van der Waals surface area (Å²) in [6, 6.07) is 0. The minimum atomic E-state index is -0.626. The zero-order valence-corrected chi connectivity index (χ0v) is 13.9. The number of thiazole rings is 1. The van der Waals surface area contributed by atoms with Crippen LogP contribution in [0.15, 0.2) is 22.5 Å². The number of hydrogen-bond donors (Lipinski definition) is 2. The van der Waals surface area contributed by atoms with E-state index < -0.39 is 11.8 Å². The van der Waals surface area contributed by atoms with Crippen LogP contribution in [0, 0.1) is 5.92 Å². The molecule has 3 rings (SSSR count). The average molecular weight is 361 g/mol. The molecule has 4 amide bonds. The van der Waals surface area contributed by atoms with Gasteiger partial charge in [0.1, 0.15) is 0 Å². The van der Waals surface area contributed by atoms with Crippen LogP contribution in [-0.2, 0) is 25.6 Å². The molecule has 1 aromatic rings. The third-order valence-corrected chi connectivity index (χ3v) is 4.42. The Balaban J connectivity index is 1.55. The van der Waals surface area contributed by atoms with E-state index in [2.05, 4.69) is 20.6 Å². The lowest BCUT2D eigenvalue weighted by Gasteiger charge is -2.26. The number of carbonyl (C=O) groups excluding carboxylic acids is 4. The van der Waals surface area contributed by atoms with Crippen molar-refractivity contribution < 1.29 is 19.2 Å². The molecule has 9 nitrogen and oxygen atoms in total. The highest BCUT2D eigenvalue weighted by atomic mass is 32.1. The number of anilines is 1. The summed E-state index contributed by atoms with van der Waals surface area (Å²) in [5.41, 5.74) is 0.527. The van der Waals surface area contributed by atoms with Gasteiger partial charge in [-0.25, -0.2) is 9.98 Å². The van der Waals surface area contributed by atoms with Gasteiger partial charge in [0.15, 0.2) is 5.13 Å². The molecule has 2 aliphatic rings. The monoisotopic (exact) mass is 361 g/mol. The van der Waals surface area contributed by atoms with E-state index in [1.807, 2.05) is 0 Å². The Bertz CT molecular complexity index is 769. The molecule has 25 heavy (non-hydrogen) atoms. The van der Waals surface area contributed by atoms with Gasteiger partial charge in [-0.1, -0.05) is 6.08 Å². The first-order valence-electron chi connectivity index (χ1n) is 7.57. The number of carbonyl (C=O) groups is 4. The molecule has 0 saturated carbocycles. The van der Waals surface area contributed by atoms with Crippen molar-refractivity contribution in [1.29, 1.82) is 0 Å². The second-order valence-corrected chi connectivity index (χ2v) is 6.33. The van der Waals surface area contributed by atoms with E-state index in [1.165, 1.54) is 34.6 Å². The lowest BCUT2D eigenvalue weighted by Crippen LogP contribution is -2.50. The van der Waals surface area contributed by atoms with Crippen LogP contribution in [0.1, 0.15) is 5.69 Å². The summed E-state index contributed by atoms with van der Waals surface area (Å²) in [6.07, 6.45) is 4.05. The van der Waals surface area contributed by atoms with Crippen molar-refractivity contribution in [1.82, 2.24) is 15.2 Å². The number of amides is 4. The zero-order chi connectivity index (χ0) is 17.8. The number of piperazine rings is 1. The van der Waals surface area contributed by atoms with E-state index in [9.17, 15) is 19.2 Å². The summed E-state index contributed by atoms with van der Waals surface area (Å²) in [7, 11) is 0. The number of hydrogen-bond acceptors (Lipinski definition) is 6.